The first-order chi connectivity index (χ1) is 6.91. The van der Waals surface area contributed by atoms with Crippen LogP contribution >= 0.6 is 11.6 Å². The number of rotatable bonds is 3. The summed E-state index contributed by atoms with van der Waals surface area (Å²) in [6.07, 6.45) is -3.24. The molecule has 1 aromatic carbocycles. The molecule has 5 N–H and O–H groups in total. The van der Waals surface area contributed by atoms with E-state index in [2.05, 4.69) is 0 Å². The van der Waals surface area contributed by atoms with Crippen molar-refractivity contribution < 1.29 is 20.1 Å². The number of aliphatic hydroxyl groups is 2. The van der Waals surface area contributed by atoms with Gasteiger partial charge in [-0.15, -0.1) is 0 Å². The van der Waals surface area contributed by atoms with E-state index in [1.165, 1.54) is 18.2 Å². The molecular weight excluding hydrogens is 222 g/mol. The number of carbonyl (C=O) groups is 1. The Morgan fingerprint density at radius 1 is 1.33 bits per heavy atom. The summed E-state index contributed by atoms with van der Waals surface area (Å²) in [6, 6.07) is 3.76. The average molecular weight is 232 g/mol. The van der Waals surface area contributed by atoms with Gasteiger partial charge < -0.3 is 21.1 Å². The van der Waals surface area contributed by atoms with Crippen LogP contribution in [0.3, 0.4) is 0 Å². The van der Waals surface area contributed by atoms with Crippen LogP contribution < -0.4 is 5.73 Å². The number of aromatic hydroxyl groups is 1. The number of amides is 1. The summed E-state index contributed by atoms with van der Waals surface area (Å²) in [5.41, 5.74) is 4.92. The van der Waals surface area contributed by atoms with Crippen molar-refractivity contribution in [2.45, 2.75) is 12.2 Å². The second-order valence-corrected chi connectivity index (χ2v) is 3.47. The number of aliphatic hydroxyl groups excluding tert-OH is 2. The normalized spacial score (nSPS) is 14.6. The van der Waals surface area contributed by atoms with Crippen molar-refractivity contribution in [3.8, 4) is 5.75 Å². The summed E-state index contributed by atoms with van der Waals surface area (Å²) < 4.78 is 0. The quantitative estimate of drug-likeness (QED) is 0.584. The minimum atomic E-state index is -1.73. The van der Waals surface area contributed by atoms with E-state index in [-0.39, 0.29) is 16.3 Å². The van der Waals surface area contributed by atoms with Crippen molar-refractivity contribution in [2.24, 2.45) is 5.73 Å². The maximum Gasteiger partial charge on any atom is 0.249 e. The topological polar surface area (TPSA) is 104 Å². The second kappa shape index (κ2) is 4.48. The molecule has 2 unspecified atom stereocenters. The first-order valence-electron chi connectivity index (χ1n) is 4.06. The van der Waals surface area contributed by atoms with Gasteiger partial charge in [0.1, 0.15) is 11.9 Å². The Morgan fingerprint density at radius 2 is 1.93 bits per heavy atom. The Labute approximate surface area is 90.7 Å². The molecule has 0 aliphatic rings. The molecule has 0 aliphatic heterocycles. The third-order valence-electron chi connectivity index (χ3n) is 1.84. The first kappa shape index (κ1) is 11.8. The lowest BCUT2D eigenvalue weighted by Crippen LogP contribution is -2.33. The SMILES string of the molecule is NC(=O)C(O)C(O)c1cc(O)cc(Cl)c1. The maximum absolute atomic E-state index is 10.6. The zero-order valence-electron chi connectivity index (χ0n) is 7.59. The van der Waals surface area contributed by atoms with E-state index in [1.54, 1.807) is 0 Å². The summed E-state index contributed by atoms with van der Waals surface area (Å²) in [5, 5.41) is 28.0. The van der Waals surface area contributed by atoms with Crippen LogP contribution in [0.15, 0.2) is 18.2 Å². The first-order valence-corrected chi connectivity index (χ1v) is 4.44. The van der Waals surface area contributed by atoms with Gasteiger partial charge in [-0.1, -0.05) is 11.6 Å². The van der Waals surface area contributed by atoms with Gasteiger partial charge in [0.25, 0.3) is 0 Å². The Hall–Kier alpha value is -1.30. The van der Waals surface area contributed by atoms with Gasteiger partial charge in [0, 0.05) is 5.02 Å². The van der Waals surface area contributed by atoms with E-state index in [0.29, 0.717) is 0 Å². The van der Waals surface area contributed by atoms with Crippen LogP contribution in [0.2, 0.25) is 5.02 Å². The minimum Gasteiger partial charge on any atom is -0.508 e. The van der Waals surface area contributed by atoms with Crippen LogP contribution in [0.4, 0.5) is 0 Å². The van der Waals surface area contributed by atoms with Gasteiger partial charge in [-0.2, -0.15) is 0 Å². The fraction of sp³-hybridized carbons (Fsp3) is 0.222. The fourth-order valence-electron chi connectivity index (χ4n) is 1.10. The number of carbonyl (C=O) groups excluding carboxylic acids is 1. The lowest BCUT2D eigenvalue weighted by atomic mass is 10.0. The summed E-state index contributed by atoms with van der Waals surface area (Å²) in [5.74, 6) is -1.23. The minimum absolute atomic E-state index is 0.117. The van der Waals surface area contributed by atoms with E-state index in [4.69, 9.17) is 22.4 Å². The molecule has 0 saturated heterocycles. The van der Waals surface area contributed by atoms with Gasteiger partial charge in [-0.05, 0) is 23.8 Å². The number of benzene rings is 1. The third kappa shape index (κ3) is 2.82. The predicted octanol–water partition coefficient (Wildman–Crippen LogP) is -0.0748. The molecule has 0 spiro atoms. The highest BCUT2D eigenvalue weighted by Crippen LogP contribution is 2.25. The van der Waals surface area contributed by atoms with Gasteiger partial charge >= 0.3 is 0 Å². The zero-order chi connectivity index (χ0) is 11.6. The van der Waals surface area contributed by atoms with Crippen molar-refractivity contribution in [3.05, 3.63) is 28.8 Å². The molecule has 1 rings (SSSR count). The van der Waals surface area contributed by atoms with Gasteiger partial charge in [-0.3, -0.25) is 4.79 Å². The molecule has 0 aliphatic carbocycles. The van der Waals surface area contributed by atoms with Gasteiger partial charge in [0.2, 0.25) is 5.91 Å². The van der Waals surface area contributed by atoms with E-state index < -0.39 is 18.1 Å². The van der Waals surface area contributed by atoms with E-state index in [0.717, 1.165) is 0 Å². The highest BCUT2D eigenvalue weighted by Gasteiger charge is 2.23. The lowest BCUT2D eigenvalue weighted by Gasteiger charge is -2.15. The molecule has 6 heteroatoms. The summed E-state index contributed by atoms with van der Waals surface area (Å²) in [7, 11) is 0. The Kier molecular flexibility index (Phi) is 3.52. The fourth-order valence-corrected chi connectivity index (χ4v) is 1.34. The van der Waals surface area contributed by atoms with Crippen LogP contribution in [0, 0.1) is 0 Å². The molecular formula is C9H10ClNO4. The molecule has 5 nitrogen and oxygen atoms in total. The number of phenolic OH excluding ortho intramolecular Hbond substituents is 1. The lowest BCUT2D eigenvalue weighted by molar-refractivity contribution is -0.131. The highest BCUT2D eigenvalue weighted by molar-refractivity contribution is 6.30. The molecule has 0 heterocycles. The number of primary amides is 1. The molecule has 82 valence electrons. The number of halogens is 1. The van der Waals surface area contributed by atoms with Gasteiger partial charge in [0.05, 0.1) is 0 Å². The van der Waals surface area contributed by atoms with Crippen molar-refractivity contribution in [1.82, 2.24) is 0 Å². The average Bonchev–Trinajstić information content (AvgIpc) is 2.13. The Morgan fingerprint density at radius 3 is 2.40 bits per heavy atom. The molecule has 0 aromatic heterocycles. The van der Waals surface area contributed by atoms with Crippen molar-refractivity contribution >= 4 is 17.5 Å². The van der Waals surface area contributed by atoms with Crippen LogP contribution in [0.1, 0.15) is 11.7 Å². The molecule has 1 aromatic rings. The van der Waals surface area contributed by atoms with Crippen LogP contribution in [-0.2, 0) is 4.79 Å². The largest absolute Gasteiger partial charge is 0.508 e. The van der Waals surface area contributed by atoms with Gasteiger partial charge in [0.15, 0.2) is 6.10 Å². The van der Waals surface area contributed by atoms with Crippen molar-refractivity contribution in [1.29, 1.82) is 0 Å². The molecule has 15 heavy (non-hydrogen) atoms. The predicted molar refractivity (Wildman–Crippen MR) is 53.3 cm³/mol. The molecule has 0 fully saturated rings. The number of hydrogen-bond acceptors (Lipinski definition) is 4. The Bertz CT molecular complexity index is 362. The zero-order valence-corrected chi connectivity index (χ0v) is 8.35. The molecule has 2 atom stereocenters. The van der Waals surface area contributed by atoms with E-state index in [1.807, 2.05) is 0 Å². The smallest absolute Gasteiger partial charge is 0.249 e. The Balaban J connectivity index is 3.00. The molecule has 1 amide bonds. The number of phenols is 1. The number of hydrogen-bond donors (Lipinski definition) is 4. The van der Waals surface area contributed by atoms with Crippen molar-refractivity contribution in [3.63, 3.8) is 0 Å². The van der Waals surface area contributed by atoms with E-state index >= 15 is 0 Å². The standard InChI is InChI=1S/C9H10ClNO4/c10-5-1-4(2-6(12)3-5)7(13)8(14)9(11)15/h1-3,7-8,12-14H,(H2,11,15). The number of nitrogens with two attached hydrogens (primary N) is 1. The molecule has 0 saturated carbocycles. The van der Waals surface area contributed by atoms with Crippen molar-refractivity contribution in [2.75, 3.05) is 0 Å². The summed E-state index contributed by atoms with van der Waals surface area (Å²) >= 11 is 5.61. The third-order valence-corrected chi connectivity index (χ3v) is 2.06. The summed E-state index contributed by atoms with van der Waals surface area (Å²) in [4.78, 5) is 10.6. The van der Waals surface area contributed by atoms with E-state index in [9.17, 15) is 15.0 Å². The van der Waals surface area contributed by atoms with Crippen LogP contribution in [-0.4, -0.2) is 27.3 Å². The highest BCUT2D eigenvalue weighted by atomic mass is 35.5. The summed E-state index contributed by atoms with van der Waals surface area (Å²) in [6.45, 7) is 0. The molecule has 0 bridgehead atoms. The maximum atomic E-state index is 10.6. The second-order valence-electron chi connectivity index (χ2n) is 3.03. The van der Waals surface area contributed by atoms with Crippen LogP contribution in [0.5, 0.6) is 5.75 Å². The molecule has 0 radical (unpaired) electrons. The van der Waals surface area contributed by atoms with Gasteiger partial charge in [-0.25, -0.2) is 0 Å². The van der Waals surface area contributed by atoms with Crippen LogP contribution in [0.25, 0.3) is 0 Å². The monoisotopic (exact) mass is 231 g/mol.